The largest absolute Gasteiger partial charge is 0.362 e. The smallest absolute Gasteiger partial charge is 0.241 e. The Morgan fingerprint density at radius 2 is 2.00 bits per heavy atom. The van der Waals surface area contributed by atoms with Gasteiger partial charge >= 0.3 is 0 Å². The van der Waals surface area contributed by atoms with Crippen molar-refractivity contribution in [1.29, 1.82) is 0 Å². The molecule has 0 fully saturated rings. The minimum atomic E-state index is 0.0805. The van der Waals surface area contributed by atoms with Crippen LogP contribution in [0.2, 0.25) is 0 Å². The zero-order chi connectivity index (χ0) is 14.6. The molecule has 0 atom stereocenters. The fourth-order valence-electron chi connectivity index (χ4n) is 2.04. The Morgan fingerprint density at radius 3 is 2.47 bits per heavy atom. The van der Waals surface area contributed by atoms with E-state index in [0.717, 1.165) is 29.2 Å². The molecule has 0 aromatic carbocycles. The lowest BCUT2D eigenvalue weighted by Crippen LogP contribution is -2.37. The number of hydrogen-bond acceptors (Lipinski definition) is 4. The van der Waals surface area contributed by atoms with Gasteiger partial charge < -0.3 is 15.5 Å². The van der Waals surface area contributed by atoms with Gasteiger partial charge in [-0.3, -0.25) is 9.78 Å². The quantitative estimate of drug-likeness (QED) is 0.864. The highest BCUT2D eigenvalue weighted by atomic mass is 16.2. The number of pyridine rings is 1. The molecule has 1 amide bonds. The second kappa shape index (κ2) is 6.52. The number of aryl methyl sites for hydroxylation is 2. The predicted octanol–water partition coefficient (Wildman–Crippen LogP) is 1.07. The van der Waals surface area contributed by atoms with Gasteiger partial charge in [0.2, 0.25) is 5.91 Å². The molecule has 106 valence electrons. The summed E-state index contributed by atoms with van der Waals surface area (Å²) in [6.45, 7) is 7.50. The van der Waals surface area contributed by atoms with E-state index < -0.39 is 0 Å². The van der Waals surface area contributed by atoms with Crippen molar-refractivity contribution in [2.24, 2.45) is 5.73 Å². The summed E-state index contributed by atoms with van der Waals surface area (Å²) >= 11 is 0. The third-order valence-electron chi connectivity index (χ3n) is 3.19. The van der Waals surface area contributed by atoms with E-state index in [0.29, 0.717) is 13.1 Å². The van der Waals surface area contributed by atoms with Crippen molar-refractivity contribution in [3.63, 3.8) is 0 Å². The van der Waals surface area contributed by atoms with Gasteiger partial charge in [0.25, 0.3) is 0 Å². The highest BCUT2D eigenvalue weighted by Crippen LogP contribution is 2.23. The fourth-order valence-corrected chi connectivity index (χ4v) is 2.04. The van der Waals surface area contributed by atoms with E-state index in [9.17, 15) is 4.79 Å². The van der Waals surface area contributed by atoms with Crippen molar-refractivity contribution in [3.8, 4) is 0 Å². The van der Waals surface area contributed by atoms with Crippen LogP contribution in [0.4, 0.5) is 5.69 Å². The molecule has 5 nitrogen and oxygen atoms in total. The SMILES string of the molecule is CCN(CC(=O)N(C)C)c1cc(C)nc(C)c1CN. The molecule has 19 heavy (non-hydrogen) atoms. The Morgan fingerprint density at radius 1 is 1.37 bits per heavy atom. The van der Waals surface area contributed by atoms with Gasteiger partial charge in [0.05, 0.1) is 6.54 Å². The molecule has 0 unspecified atom stereocenters. The van der Waals surface area contributed by atoms with Gasteiger partial charge in [0.15, 0.2) is 0 Å². The third-order valence-corrected chi connectivity index (χ3v) is 3.19. The number of carbonyl (C=O) groups excluding carboxylic acids is 1. The molecule has 0 aliphatic carbocycles. The monoisotopic (exact) mass is 264 g/mol. The molecule has 0 aliphatic heterocycles. The van der Waals surface area contributed by atoms with E-state index in [1.807, 2.05) is 31.7 Å². The van der Waals surface area contributed by atoms with E-state index in [-0.39, 0.29) is 5.91 Å². The average Bonchev–Trinajstić information content (AvgIpc) is 2.34. The maximum atomic E-state index is 11.9. The second-order valence-electron chi connectivity index (χ2n) is 4.85. The van der Waals surface area contributed by atoms with Crippen LogP contribution in [0.15, 0.2) is 6.07 Å². The molecule has 0 spiro atoms. The van der Waals surface area contributed by atoms with Crippen LogP contribution in [0, 0.1) is 13.8 Å². The van der Waals surface area contributed by atoms with Crippen molar-refractivity contribution < 1.29 is 4.79 Å². The molecular weight excluding hydrogens is 240 g/mol. The molecule has 1 heterocycles. The van der Waals surface area contributed by atoms with Crippen LogP contribution >= 0.6 is 0 Å². The first-order valence-corrected chi connectivity index (χ1v) is 6.53. The second-order valence-corrected chi connectivity index (χ2v) is 4.85. The lowest BCUT2D eigenvalue weighted by molar-refractivity contribution is -0.127. The summed E-state index contributed by atoms with van der Waals surface area (Å²) in [5.41, 5.74) is 9.74. The number of anilines is 1. The minimum Gasteiger partial charge on any atom is -0.362 e. The van der Waals surface area contributed by atoms with Crippen LogP contribution in [-0.2, 0) is 11.3 Å². The Balaban J connectivity index is 3.14. The number of aromatic nitrogens is 1. The summed E-state index contributed by atoms with van der Waals surface area (Å²) in [5.74, 6) is 0.0805. The number of nitrogens with two attached hydrogens (primary N) is 1. The fraction of sp³-hybridized carbons (Fsp3) is 0.571. The number of nitrogens with zero attached hydrogens (tertiary/aromatic N) is 3. The van der Waals surface area contributed by atoms with Crippen molar-refractivity contribution >= 4 is 11.6 Å². The van der Waals surface area contributed by atoms with Crippen LogP contribution in [0.1, 0.15) is 23.9 Å². The molecule has 0 radical (unpaired) electrons. The van der Waals surface area contributed by atoms with Crippen molar-refractivity contribution in [2.75, 3.05) is 32.1 Å². The Hall–Kier alpha value is -1.62. The van der Waals surface area contributed by atoms with Crippen LogP contribution in [0.3, 0.4) is 0 Å². The first-order valence-electron chi connectivity index (χ1n) is 6.53. The summed E-state index contributed by atoms with van der Waals surface area (Å²) in [5, 5.41) is 0. The molecule has 1 aromatic heterocycles. The van der Waals surface area contributed by atoms with Crippen LogP contribution in [0.5, 0.6) is 0 Å². The van der Waals surface area contributed by atoms with Gasteiger partial charge in [-0.15, -0.1) is 0 Å². The van der Waals surface area contributed by atoms with E-state index >= 15 is 0 Å². The predicted molar refractivity (Wildman–Crippen MR) is 78.2 cm³/mol. The van der Waals surface area contributed by atoms with Crippen molar-refractivity contribution in [1.82, 2.24) is 9.88 Å². The minimum absolute atomic E-state index is 0.0805. The maximum Gasteiger partial charge on any atom is 0.241 e. The van der Waals surface area contributed by atoms with E-state index in [2.05, 4.69) is 4.98 Å². The Bertz CT molecular complexity index is 457. The van der Waals surface area contributed by atoms with Gasteiger partial charge in [-0.25, -0.2) is 0 Å². The molecule has 0 saturated heterocycles. The normalized spacial score (nSPS) is 10.4. The van der Waals surface area contributed by atoms with Gasteiger partial charge in [0, 0.05) is 49.8 Å². The number of likely N-dealkylation sites (N-methyl/N-ethyl adjacent to an activating group) is 2. The van der Waals surface area contributed by atoms with E-state index in [1.165, 1.54) is 0 Å². The van der Waals surface area contributed by atoms with Crippen LogP contribution in [0.25, 0.3) is 0 Å². The summed E-state index contributed by atoms with van der Waals surface area (Å²) in [6.07, 6.45) is 0. The molecule has 1 aromatic rings. The Labute approximate surface area is 115 Å². The summed E-state index contributed by atoms with van der Waals surface area (Å²) in [7, 11) is 3.53. The van der Waals surface area contributed by atoms with Gasteiger partial charge in [-0.1, -0.05) is 0 Å². The van der Waals surface area contributed by atoms with E-state index in [4.69, 9.17) is 5.73 Å². The molecular formula is C14H24N4O. The van der Waals surface area contributed by atoms with Crippen LogP contribution in [-0.4, -0.2) is 43.0 Å². The molecule has 0 bridgehead atoms. The third kappa shape index (κ3) is 3.67. The number of hydrogen-bond donors (Lipinski definition) is 1. The first-order chi connectivity index (χ1) is 8.90. The number of amides is 1. The summed E-state index contributed by atoms with van der Waals surface area (Å²) in [6, 6.07) is 2.00. The molecule has 0 aliphatic rings. The van der Waals surface area contributed by atoms with Gasteiger partial charge in [-0.2, -0.15) is 0 Å². The summed E-state index contributed by atoms with van der Waals surface area (Å²) < 4.78 is 0. The standard InChI is InChI=1S/C14H24N4O/c1-6-18(9-14(19)17(4)5)13-7-10(2)16-11(3)12(13)8-15/h7H,6,8-9,15H2,1-5H3. The molecule has 1 rings (SSSR count). The highest BCUT2D eigenvalue weighted by Gasteiger charge is 2.16. The number of carbonyl (C=O) groups is 1. The Kier molecular flexibility index (Phi) is 5.30. The summed E-state index contributed by atoms with van der Waals surface area (Å²) in [4.78, 5) is 20.0. The van der Waals surface area contributed by atoms with Crippen LogP contribution < -0.4 is 10.6 Å². The van der Waals surface area contributed by atoms with E-state index in [1.54, 1.807) is 19.0 Å². The number of rotatable bonds is 5. The molecule has 0 saturated carbocycles. The zero-order valence-electron chi connectivity index (χ0n) is 12.5. The van der Waals surface area contributed by atoms with Crippen molar-refractivity contribution in [2.45, 2.75) is 27.3 Å². The molecule has 5 heteroatoms. The zero-order valence-corrected chi connectivity index (χ0v) is 12.5. The first kappa shape index (κ1) is 15.4. The lowest BCUT2D eigenvalue weighted by atomic mass is 10.1. The van der Waals surface area contributed by atoms with Crippen molar-refractivity contribution in [3.05, 3.63) is 23.0 Å². The molecule has 2 N–H and O–H groups in total. The van der Waals surface area contributed by atoms with Gasteiger partial charge in [-0.05, 0) is 26.8 Å². The average molecular weight is 264 g/mol. The maximum absolute atomic E-state index is 11.9. The highest BCUT2D eigenvalue weighted by molar-refractivity contribution is 5.81. The lowest BCUT2D eigenvalue weighted by Gasteiger charge is -2.27. The van der Waals surface area contributed by atoms with Gasteiger partial charge in [0.1, 0.15) is 0 Å². The topological polar surface area (TPSA) is 62.5 Å².